The van der Waals surface area contributed by atoms with E-state index in [2.05, 4.69) is 16.3 Å². The van der Waals surface area contributed by atoms with Gasteiger partial charge in [0.2, 0.25) is 0 Å². The Kier molecular flexibility index (Phi) is 3.94. The number of aromatic nitrogens is 2. The van der Waals surface area contributed by atoms with Crippen LogP contribution in [0.1, 0.15) is 22.4 Å². The van der Waals surface area contributed by atoms with E-state index in [1.165, 1.54) is 6.07 Å². The van der Waals surface area contributed by atoms with E-state index in [9.17, 15) is 9.65 Å². The Morgan fingerprint density at radius 1 is 1.25 bits per heavy atom. The summed E-state index contributed by atoms with van der Waals surface area (Å²) in [6.07, 6.45) is 0. The summed E-state index contributed by atoms with van der Waals surface area (Å²) in [5.74, 6) is 0.202. The SMILES string of the molecule is Cc1nnc(N(C)Cc2ccccc2F)c(C#N)c1C. The van der Waals surface area contributed by atoms with E-state index in [1.54, 1.807) is 30.1 Å². The maximum absolute atomic E-state index is 13.7. The maximum atomic E-state index is 13.7. The van der Waals surface area contributed by atoms with Crippen molar-refractivity contribution < 1.29 is 4.39 Å². The smallest absolute Gasteiger partial charge is 0.169 e. The van der Waals surface area contributed by atoms with Crippen LogP contribution in [0.15, 0.2) is 24.3 Å². The van der Waals surface area contributed by atoms with Crippen molar-refractivity contribution in [2.75, 3.05) is 11.9 Å². The number of rotatable bonds is 3. The Morgan fingerprint density at radius 2 is 1.95 bits per heavy atom. The zero-order valence-electron chi connectivity index (χ0n) is 11.7. The zero-order chi connectivity index (χ0) is 14.7. The fourth-order valence-corrected chi connectivity index (χ4v) is 1.95. The topological polar surface area (TPSA) is 52.8 Å². The largest absolute Gasteiger partial charge is 0.353 e. The molecule has 0 N–H and O–H groups in total. The summed E-state index contributed by atoms with van der Waals surface area (Å²) in [5.41, 5.74) is 2.57. The van der Waals surface area contributed by atoms with Crippen molar-refractivity contribution in [3.05, 3.63) is 52.5 Å². The molecule has 0 spiro atoms. The first-order chi connectivity index (χ1) is 9.54. The van der Waals surface area contributed by atoms with Crippen LogP contribution in [0.2, 0.25) is 0 Å². The van der Waals surface area contributed by atoms with Gasteiger partial charge in [0.05, 0.1) is 5.69 Å². The summed E-state index contributed by atoms with van der Waals surface area (Å²) >= 11 is 0. The zero-order valence-corrected chi connectivity index (χ0v) is 11.7. The molecule has 0 fully saturated rings. The first-order valence-electron chi connectivity index (χ1n) is 6.23. The van der Waals surface area contributed by atoms with E-state index in [-0.39, 0.29) is 5.82 Å². The van der Waals surface area contributed by atoms with E-state index in [1.807, 2.05) is 13.8 Å². The van der Waals surface area contributed by atoms with Crippen LogP contribution in [0.25, 0.3) is 0 Å². The lowest BCUT2D eigenvalue weighted by Gasteiger charge is -2.20. The molecular formula is C15H15FN4. The monoisotopic (exact) mass is 270 g/mol. The Hall–Kier alpha value is -2.48. The predicted octanol–water partition coefficient (Wildman–Crippen LogP) is 2.74. The third kappa shape index (κ3) is 2.59. The quantitative estimate of drug-likeness (QED) is 0.860. The van der Waals surface area contributed by atoms with E-state index in [4.69, 9.17) is 0 Å². The van der Waals surface area contributed by atoms with Gasteiger partial charge in [0, 0.05) is 19.2 Å². The van der Waals surface area contributed by atoms with Crippen LogP contribution in [-0.4, -0.2) is 17.2 Å². The van der Waals surface area contributed by atoms with Gasteiger partial charge in [0.25, 0.3) is 0 Å². The standard InChI is InChI=1S/C15H15FN4/c1-10-11(2)18-19-15(13(10)8-17)20(3)9-12-6-4-5-7-14(12)16/h4-7H,9H2,1-3H3. The van der Waals surface area contributed by atoms with Crippen molar-refractivity contribution in [2.24, 2.45) is 0 Å². The van der Waals surface area contributed by atoms with Gasteiger partial charge in [-0.2, -0.15) is 10.4 Å². The van der Waals surface area contributed by atoms with Crippen LogP contribution >= 0.6 is 0 Å². The van der Waals surface area contributed by atoms with Crippen molar-refractivity contribution in [3.8, 4) is 6.07 Å². The van der Waals surface area contributed by atoms with Crippen molar-refractivity contribution >= 4 is 5.82 Å². The van der Waals surface area contributed by atoms with E-state index < -0.39 is 0 Å². The summed E-state index contributed by atoms with van der Waals surface area (Å²) in [6.45, 7) is 3.98. The number of hydrogen-bond donors (Lipinski definition) is 0. The third-order valence-corrected chi connectivity index (χ3v) is 3.27. The summed E-state index contributed by atoms with van der Waals surface area (Å²) in [6, 6.07) is 8.71. The molecule has 0 aliphatic carbocycles. The number of nitrogens with zero attached hydrogens (tertiary/aromatic N) is 4. The molecule has 0 saturated carbocycles. The molecule has 0 atom stereocenters. The third-order valence-electron chi connectivity index (χ3n) is 3.27. The molecule has 0 saturated heterocycles. The van der Waals surface area contributed by atoms with Crippen molar-refractivity contribution in [1.29, 1.82) is 5.26 Å². The predicted molar refractivity (Wildman–Crippen MR) is 74.7 cm³/mol. The molecule has 1 aromatic heterocycles. The molecule has 2 aromatic rings. The van der Waals surface area contributed by atoms with Gasteiger partial charge in [0.1, 0.15) is 17.4 Å². The lowest BCUT2D eigenvalue weighted by atomic mass is 10.1. The van der Waals surface area contributed by atoms with Crippen LogP contribution in [0, 0.1) is 31.0 Å². The highest BCUT2D eigenvalue weighted by Gasteiger charge is 2.15. The maximum Gasteiger partial charge on any atom is 0.169 e. The number of halogens is 1. The van der Waals surface area contributed by atoms with Gasteiger partial charge in [-0.05, 0) is 25.5 Å². The van der Waals surface area contributed by atoms with Crippen molar-refractivity contribution in [1.82, 2.24) is 10.2 Å². The van der Waals surface area contributed by atoms with Gasteiger partial charge in [-0.3, -0.25) is 0 Å². The molecule has 0 bridgehead atoms. The van der Waals surface area contributed by atoms with Crippen LogP contribution in [0.5, 0.6) is 0 Å². The summed E-state index contributed by atoms with van der Waals surface area (Å²) < 4.78 is 13.7. The normalized spacial score (nSPS) is 10.2. The number of aryl methyl sites for hydroxylation is 1. The summed E-state index contributed by atoms with van der Waals surface area (Å²) in [4.78, 5) is 1.73. The Balaban J connectivity index is 2.36. The molecule has 0 radical (unpaired) electrons. The minimum absolute atomic E-state index is 0.269. The molecule has 20 heavy (non-hydrogen) atoms. The summed E-state index contributed by atoms with van der Waals surface area (Å²) in [7, 11) is 1.77. The molecule has 4 nitrogen and oxygen atoms in total. The Bertz CT molecular complexity index is 676. The van der Waals surface area contributed by atoms with Gasteiger partial charge in [-0.25, -0.2) is 4.39 Å². The van der Waals surface area contributed by atoms with Crippen molar-refractivity contribution in [2.45, 2.75) is 20.4 Å². The minimum Gasteiger partial charge on any atom is -0.353 e. The van der Waals surface area contributed by atoms with Gasteiger partial charge >= 0.3 is 0 Å². The van der Waals surface area contributed by atoms with Crippen LogP contribution in [0.3, 0.4) is 0 Å². The average Bonchev–Trinajstić information content (AvgIpc) is 2.44. The molecule has 5 heteroatoms. The van der Waals surface area contributed by atoms with E-state index in [0.717, 1.165) is 11.3 Å². The molecule has 0 aliphatic heterocycles. The van der Waals surface area contributed by atoms with Gasteiger partial charge < -0.3 is 4.90 Å². The second-order valence-corrected chi connectivity index (χ2v) is 4.67. The molecule has 1 aromatic carbocycles. The number of anilines is 1. The highest BCUT2D eigenvalue weighted by atomic mass is 19.1. The van der Waals surface area contributed by atoms with Gasteiger partial charge in [-0.1, -0.05) is 18.2 Å². The second-order valence-electron chi connectivity index (χ2n) is 4.67. The molecule has 1 heterocycles. The first kappa shape index (κ1) is 13.9. The first-order valence-corrected chi connectivity index (χ1v) is 6.23. The fourth-order valence-electron chi connectivity index (χ4n) is 1.95. The molecule has 0 aliphatic rings. The van der Waals surface area contributed by atoms with Crippen LogP contribution in [0.4, 0.5) is 10.2 Å². The summed E-state index contributed by atoms with van der Waals surface area (Å²) in [5, 5.41) is 17.4. The van der Waals surface area contributed by atoms with Gasteiger partial charge in [-0.15, -0.1) is 5.10 Å². The molecule has 0 amide bonds. The second kappa shape index (κ2) is 5.66. The molecule has 2 rings (SSSR count). The fraction of sp³-hybridized carbons (Fsp3) is 0.267. The number of benzene rings is 1. The van der Waals surface area contributed by atoms with E-state index >= 15 is 0 Å². The van der Waals surface area contributed by atoms with Gasteiger partial charge in [0.15, 0.2) is 5.82 Å². The average molecular weight is 270 g/mol. The number of nitriles is 1. The Morgan fingerprint density at radius 3 is 2.60 bits per heavy atom. The molecule has 102 valence electrons. The highest BCUT2D eigenvalue weighted by Crippen LogP contribution is 2.22. The lowest BCUT2D eigenvalue weighted by Crippen LogP contribution is -2.21. The van der Waals surface area contributed by atoms with Crippen LogP contribution in [-0.2, 0) is 6.54 Å². The minimum atomic E-state index is -0.269. The lowest BCUT2D eigenvalue weighted by molar-refractivity contribution is 0.607. The van der Waals surface area contributed by atoms with Crippen LogP contribution < -0.4 is 4.90 Å². The van der Waals surface area contributed by atoms with Crippen molar-refractivity contribution in [3.63, 3.8) is 0 Å². The Labute approximate surface area is 117 Å². The molecule has 0 unspecified atom stereocenters. The highest BCUT2D eigenvalue weighted by molar-refractivity contribution is 5.57. The van der Waals surface area contributed by atoms with E-state index in [0.29, 0.717) is 23.5 Å². The molecular weight excluding hydrogens is 255 g/mol. The number of hydrogen-bond acceptors (Lipinski definition) is 4.